The number of phenolic OH excluding ortho intramolecular Hbond substituents is 1. The summed E-state index contributed by atoms with van der Waals surface area (Å²) in [7, 11) is 0. The van der Waals surface area contributed by atoms with E-state index in [1.807, 2.05) is 6.07 Å². The maximum atomic E-state index is 11.0. The summed E-state index contributed by atoms with van der Waals surface area (Å²) < 4.78 is 0. The number of aldehydes is 1. The van der Waals surface area contributed by atoms with Crippen molar-refractivity contribution in [2.24, 2.45) is 0 Å². The first-order chi connectivity index (χ1) is 7.04. The molecule has 1 aromatic rings. The molecule has 1 N–H and O–H groups in total. The Morgan fingerprint density at radius 1 is 1.47 bits per heavy atom. The molecule has 1 aromatic carbocycles. The Bertz CT molecular complexity index is 394. The van der Waals surface area contributed by atoms with Crippen molar-refractivity contribution in [2.75, 3.05) is 0 Å². The van der Waals surface area contributed by atoms with E-state index in [2.05, 4.69) is 13.8 Å². The molecular formula is C13H16O2. The molecule has 1 aliphatic carbocycles. The first kappa shape index (κ1) is 10.2. The van der Waals surface area contributed by atoms with Gasteiger partial charge in [0.25, 0.3) is 0 Å². The summed E-state index contributed by atoms with van der Waals surface area (Å²) in [5.41, 5.74) is 2.26. The van der Waals surface area contributed by atoms with Gasteiger partial charge in [-0.2, -0.15) is 0 Å². The molecule has 1 unspecified atom stereocenters. The second-order valence-corrected chi connectivity index (χ2v) is 4.94. The molecule has 1 aliphatic rings. The largest absolute Gasteiger partial charge is 0.508 e. The topological polar surface area (TPSA) is 37.3 Å². The predicted molar refractivity (Wildman–Crippen MR) is 59.2 cm³/mol. The lowest BCUT2D eigenvalue weighted by Gasteiger charge is -2.35. The van der Waals surface area contributed by atoms with E-state index in [4.69, 9.17) is 0 Å². The molecule has 1 atom stereocenters. The zero-order valence-corrected chi connectivity index (χ0v) is 9.16. The average molecular weight is 204 g/mol. The van der Waals surface area contributed by atoms with Crippen LogP contribution in [0.4, 0.5) is 0 Å². The van der Waals surface area contributed by atoms with E-state index in [0.29, 0.717) is 0 Å². The van der Waals surface area contributed by atoms with Crippen LogP contribution in [0, 0.1) is 0 Å². The third-order valence-corrected chi connectivity index (χ3v) is 3.41. The molecule has 0 saturated carbocycles. The second-order valence-electron chi connectivity index (χ2n) is 4.94. The van der Waals surface area contributed by atoms with Crippen LogP contribution in [0.3, 0.4) is 0 Å². The normalized spacial score (nSPS) is 23.2. The Morgan fingerprint density at radius 3 is 2.87 bits per heavy atom. The van der Waals surface area contributed by atoms with Crippen molar-refractivity contribution in [2.45, 2.75) is 38.0 Å². The van der Waals surface area contributed by atoms with Crippen LogP contribution in [0.2, 0.25) is 0 Å². The van der Waals surface area contributed by atoms with Gasteiger partial charge in [0, 0.05) is 5.92 Å². The van der Waals surface area contributed by atoms with Gasteiger partial charge in [-0.1, -0.05) is 19.9 Å². The molecule has 0 saturated heterocycles. The van der Waals surface area contributed by atoms with Gasteiger partial charge in [0.1, 0.15) is 12.0 Å². The standard InChI is InChI=1S/C13H16O2/c1-13(2)6-5-9(8-14)11-4-3-10(15)7-12(11)13/h3-4,7-9,15H,5-6H2,1-2H3. The van der Waals surface area contributed by atoms with Crippen molar-refractivity contribution in [3.63, 3.8) is 0 Å². The molecule has 2 nitrogen and oxygen atoms in total. The molecule has 0 bridgehead atoms. The van der Waals surface area contributed by atoms with Crippen LogP contribution >= 0.6 is 0 Å². The maximum Gasteiger partial charge on any atom is 0.127 e. The lowest BCUT2D eigenvalue weighted by molar-refractivity contribution is -0.109. The summed E-state index contributed by atoms with van der Waals surface area (Å²) >= 11 is 0. The van der Waals surface area contributed by atoms with Crippen LogP contribution in [-0.4, -0.2) is 11.4 Å². The molecule has 0 spiro atoms. The van der Waals surface area contributed by atoms with Gasteiger partial charge in [-0.05, 0) is 41.5 Å². The molecule has 0 fully saturated rings. The quantitative estimate of drug-likeness (QED) is 0.714. The van der Waals surface area contributed by atoms with Crippen LogP contribution in [0.25, 0.3) is 0 Å². The summed E-state index contributed by atoms with van der Waals surface area (Å²) in [6.45, 7) is 4.32. The van der Waals surface area contributed by atoms with Crippen molar-refractivity contribution in [1.29, 1.82) is 0 Å². The Labute approximate surface area is 89.9 Å². The van der Waals surface area contributed by atoms with Crippen molar-refractivity contribution in [3.05, 3.63) is 29.3 Å². The van der Waals surface area contributed by atoms with Crippen LogP contribution in [0.5, 0.6) is 5.75 Å². The van der Waals surface area contributed by atoms with Gasteiger partial charge in [-0.25, -0.2) is 0 Å². The fourth-order valence-corrected chi connectivity index (χ4v) is 2.40. The Balaban J connectivity index is 2.58. The van der Waals surface area contributed by atoms with Gasteiger partial charge >= 0.3 is 0 Å². The smallest absolute Gasteiger partial charge is 0.127 e. The molecule has 0 radical (unpaired) electrons. The number of carbonyl (C=O) groups is 1. The lowest BCUT2D eigenvalue weighted by Crippen LogP contribution is -2.26. The predicted octanol–water partition coefficient (Wildman–Crippen LogP) is 2.75. The summed E-state index contributed by atoms with van der Waals surface area (Å²) in [6, 6.07) is 5.34. The zero-order valence-electron chi connectivity index (χ0n) is 9.16. The first-order valence-electron chi connectivity index (χ1n) is 5.33. The van der Waals surface area contributed by atoms with Gasteiger partial charge in [0.2, 0.25) is 0 Å². The number of hydrogen-bond acceptors (Lipinski definition) is 2. The molecule has 0 heterocycles. The number of rotatable bonds is 1. The van der Waals surface area contributed by atoms with Crippen LogP contribution in [0.15, 0.2) is 18.2 Å². The fraction of sp³-hybridized carbons (Fsp3) is 0.462. The monoisotopic (exact) mass is 204 g/mol. The molecule has 0 amide bonds. The number of hydrogen-bond donors (Lipinski definition) is 1. The third kappa shape index (κ3) is 1.65. The highest BCUT2D eigenvalue weighted by Gasteiger charge is 2.32. The van der Waals surface area contributed by atoms with Crippen molar-refractivity contribution >= 4 is 6.29 Å². The highest BCUT2D eigenvalue weighted by molar-refractivity contribution is 5.65. The van der Waals surface area contributed by atoms with Crippen LogP contribution in [0.1, 0.15) is 43.7 Å². The van der Waals surface area contributed by atoms with Gasteiger partial charge in [0.05, 0.1) is 0 Å². The summed E-state index contributed by atoms with van der Waals surface area (Å²) in [4.78, 5) is 11.0. The molecule has 0 aromatic heterocycles. The van der Waals surface area contributed by atoms with Crippen molar-refractivity contribution in [1.82, 2.24) is 0 Å². The van der Waals surface area contributed by atoms with Gasteiger partial charge in [-0.15, -0.1) is 0 Å². The number of carbonyl (C=O) groups excluding carboxylic acids is 1. The highest BCUT2D eigenvalue weighted by atomic mass is 16.3. The SMILES string of the molecule is CC1(C)CCC(C=O)c2ccc(O)cc21. The minimum atomic E-state index is 0.00799. The van der Waals surface area contributed by atoms with E-state index in [9.17, 15) is 9.90 Å². The minimum absolute atomic E-state index is 0.00799. The summed E-state index contributed by atoms with van der Waals surface area (Å²) in [5.74, 6) is 0.294. The van der Waals surface area contributed by atoms with Gasteiger partial charge < -0.3 is 9.90 Å². The third-order valence-electron chi connectivity index (χ3n) is 3.41. The highest BCUT2D eigenvalue weighted by Crippen LogP contribution is 2.42. The van der Waals surface area contributed by atoms with Crippen LogP contribution < -0.4 is 0 Å². The number of fused-ring (bicyclic) bond motifs is 1. The van der Waals surface area contributed by atoms with E-state index >= 15 is 0 Å². The summed E-state index contributed by atoms with van der Waals surface area (Å²) in [5, 5.41) is 9.49. The molecule has 15 heavy (non-hydrogen) atoms. The first-order valence-corrected chi connectivity index (χ1v) is 5.33. The number of phenols is 1. The van der Waals surface area contributed by atoms with Gasteiger partial charge in [-0.3, -0.25) is 0 Å². The van der Waals surface area contributed by atoms with E-state index in [0.717, 1.165) is 30.3 Å². The van der Waals surface area contributed by atoms with E-state index in [1.165, 1.54) is 0 Å². The Kier molecular flexibility index (Phi) is 2.29. The molecule has 0 aliphatic heterocycles. The van der Waals surface area contributed by atoms with Crippen LogP contribution in [-0.2, 0) is 10.2 Å². The Hall–Kier alpha value is -1.31. The lowest BCUT2D eigenvalue weighted by atomic mass is 9.69. The maximum absolute atomic E-state index is 11.0. The number of aromatic hydroxyl groups is 1. The summed E-state index contributed by atoms with van der Waals surface area (Å²) in [6.07, 6.45) is 2.92. The molecule has 2 heteroatoms. The Morgan fingerprint density at radius 2 is 2.20 bits per heavy atom. The minimum Gasteiger partial charge on any atom is -0.508 e. The molecule has 2 rings (SSSR count). The van der Waals surface area contributed by atoms with Crippen molar-refractivity contribution in [3.8, 4) is 5.75 Å². The fourth-order valence-electron chi connectivity index (χ4n) is 2.40. The average Bonchev–Trinajstić information content (AvgIpc) is 2.19. The van der Waals surface area contributed by atoms with Gasteiger partial charge in [0.15, 0.2) is 0 Å². The van der Waals surface area contributed by atoms with E-state index < -0.39 is 0 Å². The molecule has 80 valence electrons. The van der Waals surface area contributed by atoms with E-state index in [-0.39, 0.29) is 17.1 Å². The number of benzene rings is 1. The zero-order chi connectivity index (χ0) is 11.1. The van der Waals surface area contributed by atoms with Crippen molar-refractivity contribution < 1.29 is 9.90 Å². The van der Waals surface area contributed by atoms with E-state index in [1.54, 1.807) is 12.1 Å². The molecular weight excluding hydrogens is 188 g/mol. The second kappa shape index (κ2) is 3.37.